The molecule has 0 atom stereocenters. The molecule has 0 spiro atoms. The van der Waals surface area contributed by atoms with Crippen LogP contribution in [-0.4, -0.2) is 22.8 Å². The molecular formula is C27H21NO4S. The van der Waals surface area contributed by atoms with E-state index in [2.05, 4.69) is 5.32 Å². The van der Waals surface area contributed by atoms with Crippen molar-refractivity contribution in [3.05, 3.63) is 100 Å². The van der Waals surface area contributed by atoms with Crippen molar-refractivity contribution in [2.45, 2.75) is 13.3 Å². The number of carbonyl (C=O) groups is 3. The second kappa shape index (κ2) is 9.63. The molecule has 164 valence electrons. The highest BCUT2D eigenvalue weighted by atomic mass is 32.1. The Balaban J connectivity index is 1.43. The highest BCUT2D eigenvalue weighted by Crippen LogP contribution is 2.29. The van der Waals surface area contributed by atoms with E-state index in [1.807, 2.05) is 60.0 Å². The number of carbonyl (C=O) groups excluding carboxylic acids is 2. The third-order valence-corrected chi connectivity index (χ3v) is 6.16. The maximum absolute atomic E-state index is 12.6. The fourth-order valence-electron chi connectivity index (χ4n) is 3.43. The summed E-state index contributed by atoms with van der Waals surface area (Å²) in [5.74, 6) is -1.05. The largest absolute Gasteiger partial charge is 0.481 e. The smallest absolute Gasteiger partial charge is 0.307 e. The second-order valence-electron chi connectivity index (χ2n) is 7.63. The monoisotopic (exact) mass is 455 g/mol. The highest BCUT2D eigenvalue weighted by Gasteiger charge is 2.11. The molecule has 0 bridgehead atoms. The standard InChI is InChI=1S/C27H21NO4S/c1-17(29)19-4-6-20(7-5-19)21-8-10-22(11-9-21)23-15-25(33-16-23)27(32)28-24-12-2-18(3-13-24)14-26(30)31/h2-13,15-16H,14H2,1H3,(H,28,32)(H,30,31). The molecule has 0 saturated heterocycles. The van der Waals surface area contributed by atoms with Crippen molar-refractivity contribution in [1.82, 2.24) is 0 Å². The average molecular weight is 456 g/mol. The molecule has 0 aliphatic rings. The van der Waals surface area contributed by atoms with Crippen LogP contribution in [0.4, 0.5) is 5.69 Å². The Bertz CT molecular complexity index is 1300. The fraction of sp³-hybridized carbons (Fsp3) is 0.0741. The van der Waals surface area contributed by atoms with Crippen molar-refractivity contribution < 1.29 is 19.5 Å². The van der Waals surface area contributed by atoms with Gasteiger partial charge in [0.05, 0.1) is 11.3 Å². The summed E-state index contributed by atoms with van der Waals surface area (Å²) in [6.07, 6.45) is -0.0506. The van der Waals surface area contributed by atoms with Crippen LogP contribution in [0.25, 0.3) is 22.3 Å². The van der Waals surface area contributed by atoms with Crippen LogP contribution in [0.15, 0.2) is 84.2 Å². The zero-order valence-corrected chi connectivity index (χ0v) is 18.7. The molecule has 4 aromatic rings. The van der Waals surface area contributed by atoms with Crippen molar-refractivity contribution in [3.63, 3.8) is 0 Å². The molecule has 1 aromatic heterocycles. The lowest BCUT2D eigenvalue weighted by molar-refractivity contribution is -0.136. The number of Topliss-reactive ketones (excluding diaryl/α,β-unsaturated/α-hetero) is 1. The zero-order valence-electron chi connectivity index (χ0n) is 17.9. The summed E-state index contributed by atoms with van der Waals surface area (Å²) in [7, 11) is 0. The summed E-state index contributed by atoms with van der Waals surface area (Å²) in [6.45, 7) is 1.55. The molecule has 0 aliphatic heterocycles. The Morgan fingerprint density at radius 3 is 1.88 bits per heavy atom. The SMILES string of the molecule is CC(=O)c1ccc(-c2ccc(-c3csc(C(=O)Nc4ccc(CC(=O)O)cc4)c3)cc2)cc1. The maximum atomic E-state index is 12.6. The second-order valence-corrected chi connectivity index (χ2v) is 8.54. The number of ketones is 1. The first-order valence-electron chi connectivity index (χ1n) is 10.3. The minimum Gasteiger partial charge on any atom is -0.481 e. The summed E-state index contributed by atoms with van der Waals surface area (Å²) in [5.41, 5.74) is 6.03. The van der Waals surface area contributed by atoms with E-state index < -0.39 is 5.97 Å². The number of carboxylic acid groups (broad SMARTS) is 1. The number of anilines is 1. The molecule has 2 N–H and O–H groups in total. The lowest BCUT2D eigenvalue weighted by atomic mass is 10.00. The Kier molecular flexibility index (Phi) is 6.47. The number of thiophene rings is 1. The van der Waals surface area contributed by atoms with Gasteiger partial charge in [-0.05, 0) is 58.3 Å². The van der Waals surface area contributed by atoms with E-state index in [-0.39, 0.29) is 18.1 Å². The summed E-state index contributed by atoms with van der Waals surface area (Å²) in [6, 6.07) is 24.2. The van der Waals surface area contributed by atoms with Crippen molar-refractivity contribution in [1.29, 1.82) is 0 Å². The number of nitrogens with one attached hydrogen (secondary N) is 1. The molecule has 4 rings (SSSR count). The lowest BCUT2D eigenvalue weighted by Crippen LogP contribution is -2.10. The normalized spacial score (nSPS) is 10.6. The van der Waals surface area contributed by atoms with Crippen molar-refractivity contribution >= 4 is 34.7 Å². The quantitative estimate of drug-likeness (QED) is 0.327. The van der Waals surface area contributed by atoms with E-state index in [1.165, 1.54) is 11.3 Å². The van der Waals surface area contributed by atoms with E-state index in [4.69, 9.17) is 5.11 Å². The first-order valence-corrected chi connectivity index (χ1v) is 11.2. The third kappa shape index (κ3) is 5.42. The van der Waals surface area contributed by atoms with Gasteiger partial charge in [-0.25, -0.2) is 0 Å². The number of amides is 1. The molecular weight excluding hydrogens is 434 g/mol. The van der Waals surface area contributed by atoms with E-state index in [9.17, 15) is 14.4 Å². The predicted molar refractivity (Wildman–Crippen MR) is 131 cm³/mol. The minimum atomic E-state index is -0.892. The third-order valence-electron chi connectivity index (χ3n) is 5.23. The van der Waals surface area contributed by atoms with Crippen LogP contribution >= 0.6 is 11.3 Å². The molecule has 0 aliphatic carbocycles. The van der Waals surface area contributed by atoms with Gasteiger partial charge in [0.15, 0.2) is 5.78 Å². The summed E-state index contributed by atoms with van der Waals surface area (Å²) in [5, 5.41) is 13.6. The van der Waals surface area contributed by atoms with Gasteiger partial charge in [0.25, 0.3) is 5.91 Å². The predicted octanol–water partition coefficient (Wildman–Crippen LogP) is 6.16. The maximum Gasteiger partial charge on any atom is 0.307 e. The van der Waals surface area contributed by atoms with Crippen molar-refractivity contribution in [2.24, 2.45) is 0 Å². The first-order chi connectivity index (χ1) is 15.9. The molecule has 5 nitrogen and oxygen atoms in total. The Morgan fingerprint density at radius 2 is 1.33 bits per heavy atom. The molecule has 0 unspecified atom stereocenters. The summed E-state index contributed by atoms with van der Waals surface area (Å²) >= 11 is 1.37. The van der Waals surface area contributed by atoms with Gasteiger partial charge in [0.1, 0.15) is 0 Å². The average Bonchev–Trinajstić information content (AvgIpc) is 3.31. The Labute approximate surface area is 195 Å². The van der Waals surface area contributed by atoms with Gasteiger partial charge in [-0.1, -0.05) is 60.7 Å². The van der Waals surface area contributed by atoms with Gasteiger partial charge in [0, 0.05) is 11.3 Å². The molecule has 6 heteroatoms. The molecule has 33 heavy (non-hydrogen) atoms. The van der Waals surface area contributed by atoms with Crippen LogP contribution < -0.4 is 5.32 Å². The van der Waals surface area contributed by atoms with Crippen LogP contribution in [0.1, 0.15) is 32.5 Å². The van der Waals surface area contributed by atoms with Gasteiger partial charge in [-0.3, -0.25) is 14.4 Å². The van der Waals surface area contributed by atoms with Crippen LogP contribution in [-0.2, 0) is 11.2 Å². The molecule has 1 amide bonds. The van der Waals surface area contributed by atoms with E-state index in [1.54, 1.807) is 31.2 Å². The first kappa shape index (κ1) is 22.2. The molecule has 0 radical (unpaired) electrons. The van der Waals surface area contributed by atoms with E-state index >= 15 is 0 Å². The summed E-state index contributed by atoms with van der Waals surface area (Å²) < 4.78 is 0. The molecule has 0 saturated carbocycles. The van der Waals surface area contributed by atoms with Crippen LogP contribution in [0.5, 0.6) is 0 Å². The van der Waals surface area contributed by atoms with Crippen molar-refractivity contribution in [2.75, 3.05) is 5.32 Å². The number of rotatable bonds is 7. The number of aliphatic carboxylic acids is 1. The van der Waals surface area contributed by atoms with Gasteiger partial charge in [-0.15, -0.1) is 11.3 Å². The number of hydrogen-bond donors (Lipinski definition) is 2. The topological polar surface area (TPSA) is 83.5 Å². The lowest BCUT2D eigenvalue weighted by Gasteiger charge is -2.05. The van der Waals surface area contributed by atoms with Gasteiger partial charge >= 0.3 is 5.97 Å². The fourth-order valence-corrected chi connectivity index (χ4v) is 4.24. The molecule has 1 heterocycles. The van der Waals surface area contributed by atoms with Gasteiger partial charge in [0.2, 0.25) is 0 Å². The molecule has 3 aromatic carbocycles. The van der Waals surface area contributed by atoms with Crippen LogP contribution in [0, 0.1) is 0 Å². The number of hydrogen-bond acceptors (Lipinski definition) is 4. The Hall–Kier alpha value is -4.03. The number of benzene rings is 3. The van der Waals surface area contributed by atoms with Gasteiger partial charge in [-0.2, -0.15) is 0 Å². The van der Waals surface area contributed by atoms with E-state index in [0.29, 0.717) is 21.7 Å². The van der Waals surface area contributed by atoms with Gasteiger partial charge < -0.3 is 10.4 Å². The van der Waals surface area contributed by atoms with Crippen LogP contribution in [0.2, 0.25) is 0 Å². The Morgan fingerprint density at radius 1 is 0.788 bits per heavy atom. The minimum absolute atomic E-state index is 0.0457. The summed E-state index contributed by atoms with van der Waals surface area (Å²) in [4.78, 5) is 35.4. The highest BCUT2D eigenvalue weighted by molar-refractivity contribution is 7.12. The number of carboxylic acids is 1. The molecule has 0 fully saturated rings. The van der Waals surface area contributed by atoms with Crippen molar-refractivity contribution in [3.8, 4) is 22.3 Å². The zero-order chi connectivity index (χ0) is 23.4. The van der Waals surface area contributed by atoms with Crippen LogP contribution in [0.3, 0.4) is 0 Å². The van der Waals surface area contributed by atoms with E-state index in [0.717, 1.165) is 22.3 Å².